The first-order valence-corrected chi connectivity index (χ1v) is 3.45. The zero-order valence-corrected chi connectivity index (χ0v) is 5.97. The highest BCUT2D eigenvalue weighted by Gasteiger charge is 2.12. The summed E-state index contributed by atoms with van der Waals surface area (Å²) in [5.41, 5.74) is 1.55. The number of hydrogen-bond acceptors (Lipinski definition) is 5. The van der Waals surface area contributed by atoms with E-state index in [-0.39, 0.29) is 0 Å². The number of nitrogens with zero attached hydrogens (tertiary/aromatic N) is 5. The lowest BCUT2D eigenvalue weighted by atomic mass is 10.2. The normalized spacial score (nSPS) is 12.7. The molecule has 0 unspecified atom stereocenters. The highest BCUT2D eigenvalue weighted by Crippen LogP contribution is 2.26. The molecule has 5 nitrogen and oxygen atoms in total. The summed E-state index contributed by atoms with van der Waals surface area (Å²) in [5, 5.41) is 8.54. The molecule has 0 saturated carbocycles. The Labute approximate surface area is 67.2 Å². The molecule has 3 heterocycles. The lowest BCUT2D eigenvalue weighted by Crippen LogP contribution is -1.90. The van der Waals surface area contributed by atoms with Crippen molar-refractivity contribution in [1.29, 1.82) is 0 Å². The summed E-state index contributed by atoms with van der Waals surface area (Å²) in [6.07, 6.45) is 4.82. The van der Waals surface area contributed by atoms with Crippen molar-refractivity contribution < 1.29 is 0 Å². The molecule has 0 amide bonds. The molecular formula is C7H3N5. The minimum atomic E-state index is 0.606. The van der Waals surface area contributed by atoms with Gasteiger partial charge in [-0.3, -0.25) is 0 Å². The molecule has 1 aliphatic rings. The van der Waals surface area contributed by atoms with Crippen LogP contribution in [0.5, 0.6) is 0 Å². The highest BCUT2D eigenvalue weighted by atomic mass is 15.1. The van der Waals surface area contributed by atoms with E-state index >= 15 is 0 Å². The van der Waals surface area contributed by atoms with Crippen molar-refractivity contribution >= 4 is 23.1 Å². The molecule has 1 aliphatic heterocycles. The Bertz CT molecular complexity index is 449. The Morgan fingerprint density at radius 3 is 3.17 bits per heavy atom. The first-order chi connectivity index (χ1) is 5.95. The number of hydrogen-bond donors (Lipinski definition) is 0. The van der Waals surface area contributed by atoms with Gasteiger partial charge in [0.1, 0.15) is 6.33 Å². The smallest absolute Gasteiger partial charge is 0.187 e. The second-order valence-corrected chi connectivity index (χ2v) is 2.45. The lowest BCUT2D eigenvalue weighted by Gasteiger charge is -1.94. The van der Waals surface area contributed by atoms with E-state index in [1.54, 1.807) is 12.4 Å². The standard InChI is InChI=1S/C7H3N5/c1-4-2-11-12-7-5(4)6(8-1)9-3-10-7/h1-3H. The molecule has 5 heteroatoms. The van der Waals surface area contributed by atoms with Crippen LogP contribution >= 0.6 is 0 Å². The maximum absolute atomic E-state index is 4.09. The van der Waals surface area contributed by atoms with Crippen LogP contribution < -0.4 is 0 Å². The van der Waals surface area contributed by atoms with Gasteiger partial charge in [-0.15, -0.1) is 5.10 Å². The van der Waals surface area contributed by atoms with E-state index in [9.17, 15) is 0 Å². The maximum Gasteiger partial charge on any atom is 0.187 e. The summed E-state index contributed by atoms with van der Waals surface area (Å²) in [7, 11) is 0. The Morgan fingerprint density at radius 1 is 1.17 bits per heavy atom. The van der Waals surface area contributed by atoms with E-state index in [0.29, 0.717) is 11.5 Å². The maximum atomic E-state index is 4.09. The van der Waals surface area contributed by atoms with Gasteiger partial charge >= 0.3 is 0 Å². The molecule has 3 rings (SSSR count). The molecule has 0 aliphatic carbocycles. The predicted molar refractivity (Wildman–Crippen MR) is 42.4 cm³/mol. The van der Waals surface area contributed by atoms with Gasteiger partial charge in [-0.25, -0.2) is 15.0 Å². The molecular weight excluding hydrogens is 154 g/mol. The molecule has 12 heavy (non-hydrogen) atoms. The first-order valence-electron chi connectivity index (χ1n) is 3.45. The number of aliphatic imine (C=N–C) groups is 1. The number of aromatic nitrogens is 4. The van der Waals surface area contributed by atoms with Gasteiger partial charge in [-0.05, 0) is 0 Å². The van der Waals surface area contributed by atoms with Crippen LogP contribution in [0.4, 0.5) is 5.82 Å². The van der Waals surface area contributed by atoms with Gasteiger partial charge in [-0.1, -0.05) is 0 Å². The summed E-state index contributed by atoms with van der Waals surface area (Å²) < 4.78 is 0. The lowest BCUT2D eigenvalue weighted by molar-refractivity contribution is 1.04. The van der Waals surface area contributed by atoms with Gasteiger partial charge in [0, 0.05) is 11.8 Å². The molecule has 0 saturated heterocycles. The van der Waals surface area contributed by atoms with Crippen molar-refractivity contribution in [1.82, 2.24) is 20.2 Å². The third kappa shape index (κ3) is 0.554. The average molecular weight is 157 g/mol. The monoisotopic (exact) mass is 157 g/mol. The number of rotatable bonds is 0. The Hall–Kier alpha value is -1.91. The van der Waals surface area contributed by atoms with Crippen LogP contribution in [0.1, 0.15) is 5.56 Å². The second-order valence-electron chi connectivity index (χ2n) is 2.45. The molecule has 2 aromatic rings. The Kier molecular flexibility index (Phi) is 0.864. The average Bonchev–Trinajstić information content (AvgIpc) is 2.52. The van der Waals surface area contributed by atoms with Crippen LogP contribution in [0.15, 0.2) is 17.5 Å². The Balaban J connectivity index is 2.64. The molecule has 0 radical (unpaired) electrons. The summed E-state index contributed by atoms with van der Waals surface area (Å²) in [6, 6.07) is 0. The molecule has 0 N–H and O–H groups in total. The van der Waals surface area contributed by atoms with Gasteiger partial charge in [0.2, 0.25) is 0 Å². The minimum absolute atomic E-state index is 0.606. The summed E-state index contributed by atoms with van der Waals surface area (Å²) in [4.78, 5) is 12.1. The Morgan fingerprint density at radius 2 is 2.17 bits per heavy atom. The second kappa shape index (κ2) is 1.82. The summed E-state index contributed by atoms with van der Waals surface area (Å²) >= 11 is 0. The molecule has 0 aromatic carbocycles. The molecule has 0 spiro atoms. The van der Waals surface area contributed by atoms with Crippen LogP contribution in [0.2, 0.25) is 0 Å². The van der Waals surface area contributed by atoms with E-state index in [1.165, 1.54) is 6.33 Å². The topological polar surface area (TPSA) is 63.9 Å². The van der Waals surface area contributed by atoms with Crippen LogP contribution in [0, 0.1) is 0 Å². The van der Waals surface area contributed by atoms with Gasteiger partial charge in [0.05, 0.1) is 11.6 Å². The van der Waals surface area contributed by atoms with E-state index in [4.69, 9.17) is 0 Å². The molecule has 0 fully saturated rings. The van der Waals surface area contributed by atoms with E-state index in [0.717, 1.165) is 10.9 Å². The third-order valence-corrected chi connectivity index (χ3v) is 1.77. The molecule has 0 bridgehead atoms. The van der Waals surface area contributed by atoms with Crippen molar-refractivity contribution in [2.24, 2.45) is 4.99 Å². The van der Waals surface area contributed by atoms with Crippen LogP contribution in [-0.4, -0.2) is 26.4 Å². The van der Waals surface area contributed by atoms with Crippen LogP contribution in [0.3, 0.4) is 0 Å². The van der Waals surface area contributed by atoms with Gasteiger partial charge in [0.15, 0.2) is 11.5 Å². The van der Waals surface area contributed by atoms with Gasteiger partial charge in [-0.2, -0.15) is 5.10 Å². The van der Waals surface area contributed by atoms with Crippen molar-refractivity contribution in [3.8, 4) is 0 Å². The molecule has 2 aromatic heterocycles. The molecule has 0 atom stereocenters. The fraction of sp³-hybridized carbons (Fsp3) is 0. The minimum Gasteiger partial charge on any atom is -0.236 e. The predicted octanol–water partition coefficient (Wildman–Crippen LogP) is 0.484. The summed E-state index contributed by atoms with van der Waals surface area (Å²) in [5.74, 6) is 0.685. The molecule has 56 valence electrons. The third-order valence-electron chi connectivity index (χ3n) is 1.77. The van der Waals surface area contributed by atoms with Crippen molar-refractivity contribution in [3.05, 3.63) is 18.1 Å². The fourth-order valence-corrected chi connectivity index (χ4v) is 1.24. The largest absolute Gasteiger partial charge is 0.236 e. The highest BCUT2D eigenvalue weighted by molar-refractivity contribution is 6.06. The van der Waals surface area contributed by atoms with Crippen molar-refractivity contribution in [2.75, 3.05) is 0 Å². The van der Waals surface area contributed by atoms with E-state index in [1.807, 2.05) is 0 Å². The quantitative estimate of drug-likeness (QED) is 0.476. The zero-order chi connectivity index (χ0) is 7.97. The SMILES string of the molecule is C1=Nc2ncnc3nncc1c23. The van der Waals surface area contributed by atoms with Crippen LogP contribution in [-0.2, 0) is 0 Å². The van der Waals surface area contributed by atoms with Crippen molar-refractivity contribution in [2.45, 2.75) is 0 Å². The van der Waals surface area contributed by atoms with E-state index < -0.39 is 0 Å². The summed E-state index contributed by atoms with van der Waals surface area (Å²) in [6.45, 7) is 0. The first kappa shape index (κ1) is 5.70. The fourth-order valence-electron chi connectivity index (χ4n) is 1.24. The van der Waals surface area contributed by atoms with E-state index in [2.05, 4.69) is 25.2 Å². The van der Waals surface area contributed by atoms with Gasteiger partial charge < -0.3 is 0 Å². The van der Waals surface area contributed by atoms with Gasteiger partial charge in [0.25, 0.3) is 0 Å². The van der Waals surface area contributed by atoms with Crippen molar-refractivity contribution in [3.63, 3.8) is 0 Å². The van der Waals surface area contributed by atoms with Crippen LogP contribution in [0.25, 0.3) is 11.0 Å². The zero-order valence-electron chi connectivity index (χ0n) is 5.97.